The van der Waals surface area contributed by atoms with Crippen molar-refractivity contribution in [3.8, 4) is 17.2 Å². The second-order valence-electron chi connectivity index (χ2n) is 5.46. The topological polar surface area (TPSA) is 107 Å². The van der Waals surface area contributed by atoms with E-state index < -0.39 is 17.6 Å². The fraction of sp³-hybridized carbons (Fsp3) is 0.0556. The van der Waals surface area contributed by atoms with Crippen molar-refractivity contribution in [1.29, 1.82) is 0 Å². The van der Waals surface area contributed by atoms with Gasteiger partial charge in [0.1, 0.15) is 11.3 Å². The van der Waals surface area contributed by atoms with E-state index in [1.807, 2.05) is 0 Å². The number of rotatable bonds is 4. The summed E-state index contributed by atoms with van der Waals surface area (Å²) in [7, 11) is 1.42. The molecule has 9 heteroatoms. The van der Waals surface area contributed by atoms with E-state index in [-0.39, 0.29) is 27.1 Å². The summed E-state index contributed by atoms with van der Waals surface area (Å²) in [6.07, 6.45) is 1.60. The molecule has 0 unspecified atom stereocenters. The van der Waals surface area contributed by atoms with Gasteiger partial charge >= 0.3 is 5.97 Å². The number of carboxylic acid groups (broad SMARTS) is 1. The molecule has 0 atom stereocenters. The molecule has 1 aliphatic rings. The zero-order valence-corrected chi connectivity index (χ0v) is 15.5. The minimum Gasteiger partial charge on any atom is -0.507 e. The average Bonchev–Trinajstić information content (AvgIpc) is 2.89. The standard InChI is InChI=1S/C18H13NO6S2/c1-25-14-6-9(2-5-12(14)20)7-15-16(22)19(18(26)27-15)10-3-4-11(17(23)24)13(21)8-10/h2-8,20-21H,1H3,(H,23,24). The maximum atomic E-state index is 12.7. The van der Waals surface area contributed by atoms with Crippen LogP contribution in [-0.2, 0) is 4.79 Å². The van der Waals surface area contributed by atoms with Crippen LogP contribution in [0.25, 0.3) is 6.08 Å². The Labute approximate surface area is 163 Å². The van der Waals surface area contributed by atoms with Gasteiger partial charge in [-0.1, -0.05) is 30.0 Å². The molecule has 1 heterocycles. The van der Waals surface area contributed by atoms with Gasteiger partial charge in [-0.2, -0.15) is 0 Å². The predicted octanol–water partition coefficient (Wildman–Crippen LogP) is 3.21. The third kappa shape index (κ3) is 3.60. The lowest BCUT2D eigenvalue weighted by atomic mass is 10.1. The molecule has 1 fully saturated rings. The van der Waals surface area contributed by atoms with Gasteiger partial charge in [0.05, 0.1) is 17.7 Å². The van der Waals surface area contributed by atoms with Gasteiger partial charge in [-0.05, 0) is 35.9 Å². The Hall–Kier alpha value is -3.04. The number of nitrogens with zero attached hydrogens (tertiary/aromatic N) is 1. The number of carbonyl (C=O) groups excluding carboxylic acids is 1. The third-order valence-electron chi connectivity index (χ3n) is 3.77. The minimum atomic E-state index is -1.27. The molecule has 1 aliphatic heterocycles. The molecule has 7 nitrogen and oxygen atoms in total. The summed E-state index contributed by atoms with van der Waals surface area (Å²) >= 11 is 6.33. The molecule has 0 spiro atoms. The van der Waals surface area contributed by atoms with Gasteiger partial charge in [0.15, 0.2) is 15.8 Å². The van der Waals surface area contributed by atoms with Crippen LogP contribution in [0.5, 0.6) is 17.2 Å². The molecule has 0 saturated carbocycles. The molecule has 0 aromatic heterocycles. The summed E-state index contributed by atoms with van der Waals surface area (Å²) in [4.78, 5) is 25.3. The van der Waals surface area contributed by atoms with Gasteiger partial charge in [0.2, 0.25) is 0 Å². The van der Waals surface area contributed by atoms with Gasteiger partial charge in [0.25, 0.3) is 5.91 Å². The largest absolute Gasteiger partial charge is 0.507 e. The van der Waals surface area contributed by atoms with Crippen LogP contribution in [0.3, 0.4) is 0 Å². The number of hydrogen-bond acceptors (Lipinski definition) is 7. The molecular formula is C18H13NO6S2. The summed E-state index contributed by atoms with van der Waals surface area (Å²) in [6.45, 7) is 0. The van der Waals surface area contributed by atoms with Crippen molar-refractivity contribution in [1.82, 2.24) is 0 Å². The lowest BCUT2D eigenvalue weighted by Crippen LogP contribution is -2.27. The van der Waals surface area contributed by atoms with Crippen molar-refractivity contribution in [3.63, 3.8) is 0 Å². The quantitative estimate of drug-likeness (QED) is 0.528. The lowest BCUT2D eigenvalue weighted by molar-refractivity contribution is -0.113. The Morgan fingerprint density at radius 3 is 2.56 bits per heavy atom. The molecule has 3 rings (SSSR count). The molecule has 2 aromatic rings. The summed E-state index contributed by atoms with van der Waals surface area (Å²) in [6, 6.07) is 8.45. The third-order valence-corrected chi connectivity index (χ3v) is 5.07. The maximum Gasteiger partial charge on any atom is 0.339 e. The first-order valence-electron chi connectivity index (χ1n) is 7.53. The molecule has 2 aromatic carbocycles. The SMILES string of the molecule is COc1cc(C=C2SC(=S)N(c3ccc(C(=O)O)c(O)c3)C2=O)ccc1O. The molecule has 0 aliphatic carbocycles. The average molecular weight is 403 g/mol. The second kappa shape index (κ2) is 7.29. The summed E-state index contributed by atoms with van der Waals surface area (Å²) in [5.41, 5.74) is 0.636. The number of aromatic carboxylic acids is 1. The molecule has 138 valence electrons. The van der Waals surface area contributed by atoms with Gasteiger partial charge in [-0.15, -0.1) is 0 Å². The number of hydrogen-bond donors (Lipinski definition) is 3. The number of benzene rings is 2. The molecule has 0 radical (unpaired) electrons. The number of carbonyl (C=O) groups is 2. The predicted molar refractivity (Wildman–Crippen MR) is 105 cm³/mol. The van der Waals surface area contributed by atoms with Crippen LogP contribution in [0, 0.1) is 0 Å². The summed E-state index contributed by atoms with van der Waals surface area (Å²) in [5, 5.41) is 28.5. The number of thioether (sulfide) groups is 1. The van der Waals surface area contributed by atoms with Gasteiger partial charge in [-0.25, -0.2) is 4.79 Å². The van der Waals surface area contributed by atoms with E-state index in [1.165, 1.54) is 36.3 Å². The van der Waals surface area contributed by atoms with Crippen molar-refractivity contribution >= 4 is 51.9 Å². The molecule has 3 N–H and O–H groups in total. The molecule has 27 heavy (non-hydrogen) atoms. The second-order valence-corrected chi connectivity index (χ2v) is 7.13. The number of aromatic hydroxyl groups is 2. The van der Waals surface area contributed by atoms with Crippen LogP contribution >= 0.6 is 24.0 Å². The van der Waals surface area contributed by atoms with E-state index in [9.17, 15) is 19.8 Å². The van der Waals surface area contributed by atoms with Crippen LogP contribution in [-0.4, -0.2) is 38.6 Å². The zero-order valence-electron chi connectivity index (χ0n) is 13.9. The van der Waals surface area contributed by atoms with E-state index in [1.54, 1.807) is 18.2 Å². The van der Waals surface area contributed by atoms with Gasteiger partial charge in [-0.3, -0.25) is 9.69 Å². The maximum absolute atomic E-state index is 12.7. The Morgan fingerprint density at radius 2 is 1.93 bits per heavy atom. The first kappa shape index (κ1) is 18.7. The van der Waals surface area contributed by atoms with Crippen molar-refractivity contribution in [2.24, 2.45) is 0 Å². The summed E-state index contributed by atoms with van der Waals surface area (Å²) in [5.74, 6) is -1.88. The van der Waals surface area contributed by atoms with Crippen LogP contribution < -0.4 is 9.64 Å². The van der Waals surface area contributed by atoms with Crippen LogP contribution in [0.2, 0.25) is 0 Å². The molecule has 0 bridgehead atoms. The highest BCUT2D eigenvalue weighted by atomic mass is 32.2. The minimum absolute atomic E-state index is 0.0174. The van der Waals surface area contributed by atoms with Crippen molar-refractivity contribution < 1.29 is 29.6 Å². The number of methoxy groups -OCH3 is 1. The van der Waals surface area contributed by atoms with Crippen LogP contribution in [0.15, 0.2) is 41.3 Å². The Bertz CT molecular complexity index is 1000. The van der Waals surface area contributed by atoms with E-state index in [0.29, 0.717) is 10.5 Å². The van der Waals surface area contributed by atoms with Gasteiger partial charge < -0.3 is 20.1 Å². The smallest absolute Gasteiger partial charge is 0.339 e. The fourth-order valence-corrected chi connectivity index (χ4v) is 3.76. The van der Waals surface area contributed by atoms with Crippen LogP contribution in [0.4, 0.5) is 5.69 Å². The van der Waals surface area contributed by atoms with E-state index >= 15 is 0 Å². The number of ether oxygens (including phenoxy) is 1. The first-order chi connectivity index (χ1) is 12.8. The fourth-order valence-electron chi connectivity index (χ4n) is 2.47. The van der Waals surface area contributed by atoms with E-state index in [4.69, 9.17) is 22.1 Å². The van der Waals surface area contributed by atoms with Crippen LogP contribution in [0.1, 0.15) is 15.9 Å². The monoisotopic (exact) mass is 403 g/mol. The zero-order chi connectivity index (χ0) is 19.7. The van der Waals surface area contributed by atoms with Crippen molar-refractivity contribution in [2.45, 2.75) is 0 Å². The van der Waals surface area contributed by atoms with Crippen molar-refractivity contribution in [2.75, 3.05) is 12.0 Å². The summed E-state index contributed by atoms with van der Waals surface area (Å²) < 4.78 is 5.30. The number of phenolic OH excluding ortho intramolecular Hbond substituents is 1. The van der Waals surface area contributed by atoms with Crippen molar-refractivity contribution in [3.05, 3.63) is 52.4 Å². The number of anilines is 1. The first-order valence-corrected chi connectivity index (χ1v) is 8.75. The highest BCUT2D eigenvalue weighted by molar-refractivity contribution is 8.27. The van der Waals surface area contributed by atoms with E-state index in [2.05, 4.69) is 0 Å². The number of thiocarbonyl (C=S) groups is 1. The molecule has 1 amide bonds. The normalized spacial score (nSPS) is 15.4. The van der Waals surface area contributed by atoms with E-state index in [0.717, 1.165) is 11.8 Å². The number of phenols is 2. The lowest BCUT2D eigenvalue weighted by Gasteiger charge is -2.15. The highest BCUT2D eigenvalue weighted by Crippen LogP contribution is 2.38. The Morgan fingerprint density at radius 1 is 1.19 bits per heavy atom. The number of amides is 1. The molecular weight excluding hydrogens is 390 g/mol. The Kier molecular flexibility index (Phi) is 5.06. The highest BCUT2D eigenvalue weighted by Gasteiger charge is 2.33. The Balaban J connectivity index is 1.93. The molecule has 1 saturated heterocycles. The number of carboxylic acids is 1. The van der Waals surface area contributed by atoms with Gasteiger partial charge in [0, 0.05) is 6.07 Å².